The first-order valence-corrected chi connectivity index (χ1v) is 8.07. The Bertz CT molecular complexity index is 824. The van der Waals surface area contributed by atoms with Crippen LogP contribution in [0.3, 0.4) is 0 Å². The van der Waals surface area contributed by atoms with Crippen molar-refractivity contribution in [3.8, 4) is 0 Å². The Morgan fingerprint density at radius 1 is 1.22 bits per heavy atom. The molecular formula is C15H14Cl2N4O2. The number of fused-ring (bicyclic) bond motifs is 2. The van der Waals surface area contributed by atoms with Gasteiger partial charge in [-0.05, 0) is 18.9 Å². The van der Waals surface area contributed by atoms with Crippen LogP contribution < -0.4 is 4.90 Å². The second-order valence-corrected chi connectivity index (χ2v) is 6.40. The first kappa shape index (κ1) is 14.7. The number of carbonyl (C=O) groups is 1. The number of benzene rings is 1. The van der Waals surface area contributed by atoms with Crippen molar-refractivity contribution >= 4 is 46.0 Å². The lowest BCUT2D eigenvalue weighted by molar-refractivity contribution is 0.0500. The van der Waals surface area contributed by atoms with E-state index in [0.29, 0.717) is 45.1 Å². The molecule has 3 heterocycles. The fourth-order valence-electron chi connectivity index (χ4n) is 3.12. The smallest absolute Gasteiger partial charge is 0.349 e. The number of amides is 2. The minimum atomic E-state index is -0.180. The zero-order chi connectivity index (χ0) is 16.3. The van der Waals surface area contributed by atoms with Crippen molar-refractivity contribution in [2.45, 2.75) is 19.8 Å². The third-order valence-corrected chi connectivity index (χ3v) is 4.70. The number of hydrazine groups is 1. The highest BCUT2D eigenvalue weighted by Crippen LogP contribution is 2.43. The van der Waals surface area contributed by atoms with E-state index in [0.717, 1.165) is 19.4 Å². The van der Waals surface area contributed by atoms with Crippen LogP contribution in [0.25, 0.3) is 11.1 Å². The molecule has 2 fully saturated rings. The van der Waals surface area contributed by atoms with Crippen LogP contribution >= 0.6 is 23.2 Å². The van der Waals surface area contributed by atoms with Gasteiger partial charge in [0, 0.05) is 20.0 Å². The highest BCUT2D eigenvalue weighted by molar-refractivity contribution is 6.40. The van der Waals surface area contributed by atoms with E-state index in [1.807, 2.05) is 5.01 Å². The molecule has 2 saturated heterocycles. The molecule has 0 N–H and O–H groups in total. The third kappa shape index (κ3) is 2.01. The third-order valence-electron chi connectivity index (χ3n) is 4.13. The van der Waals surface area contributed by atoms with E-state index in [1.165, 1.54) is 4.90 Å². The van der Waals surface area contributed by atoms with Gasteiger partial charge in [-0.15, -0.1) is 0 Å². The topological polar surface area (TPSA) is 52.8 Å². The summed E-state index contributed by atoms with van der Waals surface area (Å²) in [5.74, 6) is 1.03. The van der Waals surface area contributed by atoms with Crippen molar-refractivity contribution < 1.29 is 9.21 Å². The molecule has 2 aliphatic rings. The molecule has 0 unspecified atom stereocenters. The molecule has 23 heavy (non-hydrogen) atoms. The Morgan fingerprint density at radius 3 is 2.61 bits per heavy atom. The minimum Gasteiger partial charge on any atom is -0.439 e. The molecule has 0 aliphatic carbocycles. The maximum atomic E-state index is 12.8. The summed E-state index contributed by atoms with van der Waals surface area (Å²) in [6.07, 6.45) is 1.99. The summed E-state index contributed by atoms with van der Waals surface area (Å²) in [6, 6.07) is 1.39. The minimum absolute atomic E-state index is 0.180. The van der Waals surface area contributed by atoms with Gasteiger partial charge in [0.1, 0.15) is 17.0 Å². The average molecular weight is 353 g/mol. The van der Waals surface area contributed by atoms with Gasteiger partial charge in [0.15, 0.2) is 11.5 Å². The highest BCUT2D eigenvalue weighted by atomic mass is 35.5. The van der Waals surface area contributed by atoms with Gasteiger partial charge in [-0.1, -0.05) is 29.8 Å². The SMILES string of the molecule is C=C1N(c2c(Cl)cc(Cl)c3oc(C)nc23)C(=O)N2CCCCN12. The Balaban J connectivity index is 1.92. The standard InChI is InChI=1S/C15H14Cl2N4O2/c1-8-18-12-13(10(16)7-11(17)14(12)23-8)21-9(2)19-5-3-4-6-20(19)15(21)22/h7H,2-6H2,1H3. The molecule has 0 atom stereocenters. The van der Waals surface area contributed by atoms with E-state index in [4.69, 9.17) is 27.6 Å². The van der Waals surface area contributed by atoms with Crippen molar-refractivity contribution in [1.29, 1.82) is 0 Å². The predicted molar refractivity (Wildman–Crippen MR) is 88.4 cm³/mol. The molecule has 1 aromatic heterocycles. The number of aromatic nitrogens is 1. The monoisotopic (exact) mass is 352 g/mol. The van der Waals surface area contributed by atoms with Gasteiger partial charge in [0.05, 0.1) is 10.0 Å². The number of anilines is 1. The molecule has 0 radical (unpaired) electrons. The Kier molecular flexibility index (Phi) is 3.21. The number of carbonyl (C=O) groups excluding carboxylic acids is 1. The second kappa shape index (κ2) is 5.04. The average Bonchev–Trinajstić information content (AvgIpc) is 3.02. The highest BCUT2D eigenvalue weighted by Gasteiger charge is 2.42. The summed E-state index contributed by atoms with van der Waals surface area (Å²) in [6.45, 7) is 7.21. The zero-order valence-corrected chi connectivity index (χ0v) is 14.0. The van der Waals surface area contributed by atoms with Gasteiger partial charge >= 0.3 is 6.03 Å². The number of urea groups is 1. The molecule has 4 rings (SSSR count). The number of oxazole rings is 1. The number of nitrogens with zero attached hydrogens (tertiary/aromatic N) is 4. The number of hydrogen-bond acceptors (Lipinski definition) is 4. The normalized spacial score (nSPS) is 18.3. The molecular weight excluding hydrogens is 339 g/mol. The molecule has 2 aromatic rings. The van der Waals surface area contributed by atoms with Crippen molar-refractivity contribution in [3.63, 3.8) is 0 Å². The van der Waals surface area contributed by atoms with E-state index in [-0.39, 0.29) is 6.03 Å². The van der Waals surface area contributed by atoms with E-state index in [9.17, 15) is 4.79 Å². The lowest BCUT2D eigenvalue weighted by atomic mass is 10.2. The van der Waals surface area contributed by atoms with Crippen LogP contribution in [0.4, 0.5) is 10.5 Å². The van der Waals surface area contributed by atoms with Gasteiger partial charge in [-0.2, -0.15) is 0 Å². The summed E-state index contributed by atoms with van der Waals surface area (Å²) in [4.78, 5) is 18.7. The summed E-state index contributed by atoms with van der Waals surface area (Å²) in [5, 5.41) is 4.28. The van der Waals surface area contributed by atoms with Gasteiger partial charge in [0.2, 0.25) is 0 Å². The number of rotatable bonds is 1. The summed E-state index contributed by atoms with van der Waals surface area (Å²) in [5.41, 5.74) is 1.35. The van der Waals surface area contributed by atoms with Crippen LogP contribution in [0, 0.1) is 6.92 Å². The number of halogens is 2. The van der Waals surface area contributed by atoms with Crippen molar-refractivity contribution in [3.05, 3.63) is 34.4 Å². The fraction of sp³-hybridized carbons (Fsp3) is 0.333. The number of hydrogen-bond donors (Lipinski definition) is 0. The largest absolute Gasteiger partial charge is 0.439 e. The summed E-state index contributed by atoms with van der Waals surface area (Å²) >= 11 is 12.6. The molecule has 0 spiro atoms. The van der Waals surface area contributed by atoms with E-state index >= 15 is 0 Å². The molecule has 6 nitrogen and oxygen atoms in total. The van der Waals surface area contributed by atoms with Crippen molar-refractivity contribution in [2.24, 2.45) is 0 Å². The van der Waals surface area contributed by atoms with Gasteiger partial charge < -0.3 is 4.42 Å². The van der Waals surface area contributed by atoms with Gasteiger partial charge in [-0.3, -0.25) is 5.01 Å². The summed E-state index contributed by atoms with van der Waals surface area (Å²) in [7, 11) is 0. The van der Waals surface area contributed by atoms with Crippen LogP contribution in [0.1, 0.15) is 18.7 Å². The van der Waals surface area contributed by atoms with Crippen molar-refractivity contribution in [1.82, 2.24) is 15.0 Å². The predicted octanol–water partition coefficient (Wildman–Crippen LogP) is 4.17. The lowest BCUT2D eigenvalue weighted by Crippen LogP contribution is -2.43. The Labute approximate surface area is 142 Å². The molecule has 2 aliphatic heterocycles. The van der Waals surface area contributed by atoms with Crippen LogP contribution in [-0.4, -0.2) is 34.1 Å². The van der Waals surface area contributed by atoms with E-state index in [1.54, 1.807) is 18.0 Å². The zero-order valence-electron chi connectivity index (χ0n) is 12.5. The first-order valence-electron chi connectivity index (χ1n) is 7.32. The maximum Gasteiger partial charge on any atom is 0.349 e. The Morgan fingerprint density at radius 2 is 1.91 bits per heavy atom. The fourth-order valence-corrected chi connectivity index (χ4v) is 3.69. The van der Waals surface area contributed by atoms with Crippen LogP contribution in [0.5, 0.6) is 0 Å². The maximum absolute atomic E-state index is 12.8. The van der Waals surface area contributed by atoms with Gasteiger partial charge in [0.25, 0.3) is 0 Å². The van der Waals surface area contributed by atoms with Crippen LogP contribution in [0.2, 0.25) is 10.0 Å². The quantitative estimate of drug-likeness (QED) is 0.772. The summed E-state index contributed by atoms with van der Waals surface area (Å²) < 4.78 is 5.55. The molecule has 2 amide bonds. The molecule has 0 bridgehead atoms. The number of aryl methyl sites for hydroxylation is 1. The van der Waals surface area contributed by atoms with E-state index < -0.39 is 0 Å². The molecule has 8 heteroatoms. The van der Waals surface area contributed by atoms with E-state index in [2.05, 4.69) is 11.6 Å². The first-order chi connectivity index (χ1) is 11.0. The van der Waals surface area contributed by atoms with Crippen LogP contribution in [-0.2, 0) is 0 Å². The molecule has 1 aromatic carbocycles. The Hall–Kier alpha value is -1.92. The lowest BCUT2D eigenvalue weighted by Gasteiger charge is -2.32. The van der Waals surface area contributed by atoms with Crippen molar-refractivity contribution in [2.75, 3.05) is 18.0 Å². The second-order valence-electron chi connectivity index (χ2n) is 5.59. The van der Waals surface area contributed by atoms with Gasteiger partial charge in [-0.25, -0.2) is 19.7 Å². The molecule has 0 saturated carbocycles. The molecule has 120 valence electrons. The van der Waals surface area contributed by atoms with Crippen LogP contribution in [0.15, 0.2) is 22.9 Å².